The maximum atomic E-state index is 11.8. The summed E-state index contributed by atoms with van der Waals surface area (Å²) in [5.41, 5.74) is 0.903. The van der Waals surface area contributed by atoms with Gasteiger partial charge in [-0.3, -0.25) is 4.79 Å². The van der Waals surface area contributed by atoms with Crippen LogP contribution in [0.2, 0.25) is 0 Å². The zero-order valence-electron chi connectivity index (χ0n) is 9.41. The van der Waals surface area contributed by atoms with Gasteiger partial charge in [0.1, 0.15) is 6.54 Å². The van der Waals surface area contributed by atoms with Gasteiger partial charge in [-0.2, -0.15) is 0 Å². The van der Waals surface area contributed by atoms with Crippen LogP contribution in [0.25, 0.3) is 10.2 Å². The van der Waals surface area contributed by atoms with Crippen molar-refractivity contribution >= 4 is 32.6 Å². The van der Waals surface area contributed by atoms with E-state index in [2.05, 4.69) is 15.3 Å². The third-order valence-electron chi connectivity index (χ3n) is 2.43. The molecule has 0 unspecified atom stereocenters. The van der Waals surface area contributed by atoms with Crippen LogP contribution >= 0.6 is 11.3 Å². The van der Waals surface area contributed by atoms with Gasteiger partial charge in [-0.05, 0) is 12.1 Å². The molecule has 0 atom stereocenters. The molecular formula is C12H10N4OS. The number of nitrogens with one attached hydrogen (secondary N) is 1. The maximum Gasteiger partial charge on any atom is 0.246 e. The van der Waals surface area contributed by atoms with Crippen LogP contribution in [0.1, 0.15) is 0 Å². The Labute approximate surface area is 107 Å². The van der Waals surface area contributed by atoms with Crippen LogP contribution in [0, 0.1) is 0 Å². The van der Waals surface area contributed by atoms with Crippen molar-refractivity contribution in [3.05, 3.63) is 43.0 Å². The fourth-order valence-corrected chi connectivity index (χ4v) is 2.51. The van der Waals surface area contributed by atoms with E-state index in [1.165, 1.54) is 11.3 Å². The Bertz CT molecular complexity index is 641. The van der Waals surface area contributed by atoms with E-state index in [0.29, 0.717) is 5.13 Å². The second kappa shape index (κ2) is 4.58. The number of thiazole rings is 1. The smallest absolute Gasteiger partial charge is 0.246 e. The number of carbonyl (C=O) groups excluding carboxylic acids is 1. The van der Waals surface area contributed by atoms with Gasteiger partial charge in [0.05, 0.1) is 16.5 Å². The molecule has 1 N–H and O–H groups in total. The summed E-state index contributed by atoms with van der Waals surface area (Å²) in [6, 6.07) is 7.80. The SMILES string of the molecule is O=C(Cn1ccnc1)Nc1nc2ccccc2s1. The summed E-state index contributed by atoms with van der Waals surface area (Å²) in [6.45, 7) is 0.246. The highest BCUT2D eigenvalue weighted by molar-refractivity contribution is 7.22. The van der Waals surface area contributed by atoms with Gasteiger partial charge < -0.3 is 9.88 Å². The van der Waals surface area contributed by atoms with Crippen LogP contribution in [-0.4, -0.2) is 20.4 Å². The second-order valence-corrected chi connectivity index (χ2v) is 4.80. The highest BCUT2D eigenvalue weighted by Crippen LogP contribution is 2.25. The van der Waals surface area contributed by atoms with Crippen LogP contribution in [0.15, 0.2) is 43.0 Å². The molecule has 0 bridgehead atoms. The average Bonchev–Trinajstić information content (AvgIpc) is 2.96. The highest BCUT2D eigenvalue weighted by Gasteiger charge is 2.07. The lowest BCUT2D eigenvalue weighted by molar-refractivity contribution is -0.116. The predicted molar refractivity (Wildman–Crippen MR) is 70.5 cm³/mol. The number of hydrogen-bond acceptors (Lipinski definition) is 4. The third-order valence-corrected chi connectivity index (χ3v) is 3.38. The fourth-order valence-electron chi connectivity index (χ4n) is 1.63. The van der Waals surface area contributed by atoms with Crippen molar-refractivity contribution in [1.29, 1.82) is 0 Å². The molecule has 2 heterocycles. The van der Waals surface area contributed by atoms with Gasteiger partial charge in [-0.25, -0.2) is 9.97 Å². The zero-order valence-corrected chi connectivity index (χ0v) is 10.2. The van der Waals surface area contributed by atoms with Crippen LogP contribution in [0.5, 0.6) is 0 Å². The number of hydrogen-bond donors (Lipinski definition) is 1. The summed E-state index contributed by atoms with van der Waals surface area (Å²) in [7, 11) is 0. The van der Waals surface area contributed by atoms with Crippen LogP contribution in [-0.2, 0) is 11.3 Å². The molecule has 18 heavy (non-hydrogen) atoms. The van der Waals surface area contributed by atoms with Gasteiger partial charge in [-0.15, -0.1) is 0 Å². The van der Waals surface area contributed by atoms with E-state index in [-0.39, 0.29) is 12.5 Å². The van der Waals surface area contributed by atoms with E-state index in [1.807, 2.05) is 24.3 Å². The van der Waals surface area contributed by atoms with E-state index < -0.39 is 0 Å². The fraction of sp³-hybridized carbons (Fsp3) is 0.0833. The second-order valence-electron chi connectivity index (χ2n) is 3.77. The van der Waals surface area contributed by atoms with Crippen LogP contribution in [0.4, 0.5) is 5.13 Å². The molecule has 2 aromatic heterocycles. The molecule has 0 spiro atoms. The minimum absolute atomic E-state index is 0.105. The molecule has 0 saturated heterocycles. The maximum absolute atomic E-state index is 11.8. The molecule has 0 saturated carbocycles. The third kappa shape index (κ3) is 2.23. The first-order valence-electron chi connectivity index (χ1n) is 5.42. The first-order chi connectivity index (χ1) is 8.81. The normalized spacial score (nSPS) is 10.7. The number of amides is 1. The lowest BCUT2D eigenvalue weighted by Crippen LogP contribution is -2.17. The standard InChI is InChI=1S/C12H10N4OS/c17-11(7-16-6-5-13-8-16)15-12-14-9-3-1-2-4-10(9)18-12/h1-6,8H,7H2,(H,14,15,17). The summed E-state index contributed by atoms with van der Waals surface area (Å²) in [5, 5.41) is 3.42. The molecule has 6 heteroatoms. The van der Waals surface area contributed by atoms with E-state index in [9.17, 15) is 4.79 Å². The zero-order chi connectivity index (χ0) is 12.4. The van der Waals surface area contributed by atoms with E-state index >= 15 is 0 Å². The first-order valence-corrected chi connectivity index (χ1v) is 6.24. The van der Waals surface area contributed by atoms with Crippen molar-refractivity contribution in [2.75, 3.05) is 5.32 Å². The Morgan fingerprint density at radius 1 is 1.39 bits per heavy atom. The van der Waals surface area contributed by atoms with Crippen LogP contribution < -0.4 is 5.32 Å². The van der Waals surface area contributed by atoms with Gasteiger partial charge in [0.15, 0.2) is 5.13 Å². The molecular weight excluding hydrogens is 248 g/mol. The predicted octanol–water partition coefficient (Wildman–Crippen LogP) is 2.13. The molecule has 0 radical (unpaired) electrons. The van der Waals surface area contributed by atoms with Crippen molar-refractivity contribution in [3.8, 4) is 0 Å². The Hall–Kier alpha value is -2.21. The van der Waals surface area contributed by atoms with E-state index in [0.717, 1.165) is 10.2 Å². The number of anilines is 1. The number of aromatic nitrogens is 3. The van der Waals surface area contributed by atoms with E-state index in [4.69, 9.17) is 0 Å². The van der Waals surface area contributed by atoms with Gasteiger partial charge >= 0.3 is 0 Å². The summed E-state index contributed by atoms with van der Waals surface area (Å²) in [4.78, 5) is 20.0. The number of benzene rings is 1. The number of rotatable bonds is 3. The van der Waals surface area contributed by atoms with Crippen LogP contribution in [0.3, 0.4) is 0 Å². The topological polar surface area (TPSA) is 59.8 Å². The Morgan fingerprint density at radius 3 is 3.06 bits per heavy atom. The number of nitrogens with zero attached hydrogens (tertiary/aromatic N) is 3. The summed E-state index contributed by atoms with van der Waals surface area (Å²) in [5.74, 6) is -0.105. The molecule has 1 aromatic carbocycles. The molecule has 5 nitrogen and oxygen atoms in total. The Morgan fingerprint density at radius 2 is 2.28 bits per heavy atom. The van der Waals surface area contributed by atoms with Crippen molar-refractivity contribution in [3.63, 3.8) is 0 Å². The molecule has 0 aliphatic carbocycles. The molecule has 3 rings (SSSR count). The van der Waals surface area contributed by atoms with Gasteiger partial charge in [0.2, 0.25) is 5.91 Å². The Balaban J connectivity index is 1.74. The number of para-hydroxylation sites is 1. The molecule has 90 valence electrons. The molecule has 0 fully saturated rings. The summed E-state index contributed by atoms with van der Waals surface area (Å²) in [6.07, 6.45) is 5.00. The largest absolute Gasteiger partial charge is 0.328 e. The number of imidazole rings is 1. The number of fused-ring (bicyclic) bond motifs is 1. The van der Waals surface area contributed by atoms with Gasteiger partial charge in [0, 0.05) is 12.4 Å². The molecule has 0 aliphatic heterocycles. The molecule has 3 aromatic rings. The quantitative estimate of drug-likeness (QED) is 0.783. The molecule has 0 aliphatic rings. The minimum atomic E-state index is -0.105. The lowest BCUT2D eigenvalue weighted by Gasteiger charge is -2.01. The summed E-state index contributed by atoms with van der Waals surface area (Å²) >= 11 is 1.47. The monoisotopic (exact) mass is 258 g/mol. The van der Waals surface area contributed by atoms with Gasteiger partial charge in [-0.1, -0.05) is 23.5 Å². The van der Waals surface area contributed by atoms with Crippen molar-refractivity contribution in [1.82, 2.24) is 14.5 Å². The molecule has 1 amide bonds. The Kier molecular flexibility index (Phi) is 2.77. The van der Waals surface area contributed by atoms with Crippen molar-refractivity contribution < 1.29 is 4.79 Å². The van der Waals surface area contributed by atoms with Crippen molar-refractivity contribution in [2.45, 2.75) is 6.54 Å². The van der Waals surface area contributed by atoms with E-state index in [1.54, 1.807) is 23.3 Å². The van der Waals surface area contributed by atoms with Gasteiger partial charge in [0.25, 0.3) is 0 Å². The number of carbonyl (C=O) groups is 1. The highest BCUT2D eigenvalue weighted by atomic mass is 32.1. The first kappa shape index (κ1) is 10.9. The average molecular weight is 258 g/mol. The lowest BCUT2D eigenvalue weighted by atomic mass is 10.3. The van der Waals surface area contributed by atoms with Crippen molar-refractivity contribution in [2.24, 2.45) is 0 Å². The minimum Gasteiger partial charge on any atom is -0.328 e. The summed E-state index contributed by atoms with van der Waals surface area (Å²) < 4.78 is 2.78.